The predicted octanol–water partition coefficient (Wildman–Crippen LogP) is 11.3. The first-order valence-corrected chi connectivity index (χ1v) is 22.3. The summed E-state index contributed by atoms with van der Waals surface area (Å²) in [6.45, 7) is 22.4. The fourth-order valence-corrected chi connectivity index (χ4v) is 14.6. The molecular weight excluding hydrogens is 860 g/mol. The Balaban J connectivity index is 0.000000229. The zero-order valence-corrected chi connectivity index (χ0v) is 36.7. The molecule has 6 rings (SSSR count). The van der Waals surface area contributed by atoms with E-state index < -0.39 is 0 Å². The molecule has 4 fully saturated rings. The van der Waals surface area contributed by atoms with Crippen LogP contribution in [0.25, 0.3) is 0 Å². The molecule has 2 nitrogen and oxygen atoms in total. The van der Waals surface area contributed by atoms with Crippen molar-refractivity contribution in [3.8, 4) is 0 Å². The van der Waals surface area contributed by atoms with Gasteiger partial charge < -0.3 is 9.80 Å². The maximum absolute atomic E-state index is 4.78. The number of aryl methyl sites for hydroxylation is 6. The molecule has 1 aliphatic heterocycles. The number of hydrogen-bond donors (Lipinski definition) is 0. The molecule has 3 radical (unpaired) electrons. The topological polar surface area (TPSA) is 6.48 Å². The van der Waals surface area contributed by atoms with E-state index in [0.717, 1.165) is 38.9 Å². The van der Waals surface area contributed by atoms with E-state index in [-0.39, 0.29) is 27.4 Å². The molecule has 1 heterocycles. The van der Waals surface area contributed by atoms with Crippen molar-refractivity contribution in [3.05, 3.63) is 74.5 Å². The summed E-state index contributed by atoms with van der Waals surface area (Å²) in [4.78, 5) is 4.81. The van der Waals surface area contributed by atoms with Gasteiger partial charge in [-0.3, -0.25) is 0 Å². The smallest absolute Gasteiger partial charge is 2.00 e. The third-order valence-corrected chi connectivity index (χ3v) is 15.5. The Bertz CT molecular complexity index is 1060. The average Bonchev–Trinajstić information content (AvgIpc) is 3.47. The van der Waals surface area contributed by atoms with Crippen molar-refractivity contribution in [2.75, 3.05) is 22.9 Å². The van der Waals surface area contributed by atoms with Gasteiger partial charge in [-0.25, -0.2) is 0 Å². The van der Waals surface area contributed by atoms with Gasteiger partial charge in [-0.15, -0.1) is 0 Å². The van der Waals surface area contributed by atoms with E-state index in [0.29, 0.717) is 0 Å². The molecule has 3 saturated carbocycles. The van der Waals surface area contributed by atoms with E-state index in [2.05, 4.69) is 82.3 Å². The van der Waals surface area contributed by atoms with Gasteiger partial charge in [-0.05, 0) is 141 Å². The molecule has 2 aromatic carbocycles. The quantitative estimate of drug-likeness (QED) is 0.168. The number of anilines is 2. The van der Waals surface area contributed by atoms with Crippen LogP contribution in [0.3, 0.4) is 0 Å². The second-order valence-corrected chi connectivity index (χ2v) is 19.4. The van der Waals surface area contributed by atoms with Gasteiger partial charge in [0.25, 0.3) is 0 Å². The van der Waals surface area contributed by atoms with E-state index in [1.807, 2.05) is 0 Å². The predicted molar refractivity (Wildman–Crippen MR) is 204 cm³/mol. The van der Waals surface area contributed by atoms with Crippen molar-refractivity contribution in [3.63, 3.8) is 0 Å². The molecule has 5 heteroatoms. The second-order valence-electron chi connectivity index (χ2n) is 14.7. The Morgan fingerprint density at radius 1 is 0.587 bits per heavy atom. The normalized spacial score (nSPS) is 19.6. The molecule has 253 valence electrons. The summed E-state index contributed by atoms with van der Waals surface area (Å²) in [5.74, 6) is 0. The second kappa shape index (κ2) is 20.4. The Labute approximate surface area is 314 Å². The molecule has 0 bridgehead atoms. The molecule has 0 N–H and O–H groups in total. The number of benzene rings is 2. The number of nitrogens with zero attached hydrogens (tertiary/aromatic N) is 2. The largest absolute Gasteiger partial charge is 2.00 e. The summed E-state index contributed by atoms with van der Waals surface area (Å²) in [7, 11) is -0.0465. The van der Waals surface area contributed by atoms with Crippen LogP contribution >= 0.6 is 7.92 Å². The van der Waals surface area contributed by atoms with Crippen LogP contribution in [0, 0.1) is 54.8 Å². The third kappa shape index (κ3) is 11.1. The van der Waals surface area contributed by atoms with Gasteiger partial charge in [0.1, 0.15) is 0 Å². The first-order valence-electron chi connectivity index (χ1n) is 18.3. The van der Waals surface area contributed by atoms with Gasteiger partial charge in [-0.1, -0.05) is 54.7 Å². The first-order chi connectivity index (χ1) is 21.7. The van der Waals surface area contributed by atoms with Crippen molar-refractivity contribution in [2.24, 2.45) is 0 Å². The average molecular weight is 923 g/mol. The van der Waals surface area contributed by atoms with Crippen LogP contribution in [-0.4, -0.2) is 55.8 Å². The zero-order chi connectivity index (χ0) is 32.3. The fraction of sp³-hybridized carbons (Fsp3) is 0.634. The summed E-state index contributed by atoms with van der Waals surface area (Å²) in [6, 6.07) is 9.12. The van der Waals surface area contributed by atoms with Gasteiger partial charge in [0, 0.05) is 32.4 Å². The van der Waals surface area contributed by atoms with Crippen molar-refractivity contribution in [1.82, 2.24) is 0 Å². The number of hydrogen-bond acceptors (Lipinski definition) is 2. The Morgan fingerprint density at radius 3 is 1.11 bits per heavy atom. The molecular formula is C41H63N2PPbRu+. The summed E-state index contributed by atoms with van der Waals surface area (Å²) in [5, 5.41) is 0. The van der Waals surface area contributed by atoms with Gasteiger partial charge in [0.15, 0.2) is 0 Å². The summed E-state index contributed by atoms with van der Waals surface area (Å²) < 4.78 is 1.64. The molecule has 3 aliphatic carbocycles. The van der Waals surface area contributed by atoms with E-state index in [1.165, 1.54) is 61.7 Å². The molecule has 0 atom stereocenters. The standard InChI is InChI=1S/C21H27N2.C18H33P.C2H2.Pb.Ru/c1-14-9-16(3)20(17(4)10-14)22-7-8-23(13-22)21-18(5)11-15(2)12-19(21)6;1-4-10-16(11-5-1)19(17-12-6-2-7-13-17)18-14-8-3-9-15-18;1-2;;/h9-13H,7-8H2,1-6H3;16-18H,1-15H2;1-2H;;/q-1;;-1;;+2/p+1. The zero-order valence-electron chi connectivity index (χ0n) is 30.0. The van der Waals surface area contributed by atoms with E-state index in [1.54, 1.807) is 99.9 Å². The monoisotopic (exact) mass is 924 g/mol. The van der Waals surface area contributed by atoms with Crippen LogP contribution in [0.5, 0.6) is 0 Å². The summed E-state index contributed by atoms with van der Waals surface area (Å²) in [5.41, 5.74) is 14.5. The minimum atomic E-state index is -0.0465. The van der Waals surface area contributed by atoms with Crippen molar-refractivity contribution >= 4 is 45.1 Å². The van der Waals surface area contributed by atoms with Gasteiger partial charge in [-0.2, -0.15) is 6.67 Å². The van der Waals surface area contributed by atoms with Crippen LogP contribution in [0.2, 0.25) is 0 Å². The Morgan fingerprint density at radius 2 is 0.848 bits per heavy atom. The van der Waals surface area contributed by atoms with Crippen molar-refractivity contribution < 1.29 is 19.5 Å². The fourth-order valence-electron chi connectivity index (χ4n) is 9.40. The minimum Gasteiger partial charge on any atom is 2.00 e. The molecule has 0 spiro atoms. The van der Waals surface area contributed by atoms with Gasteiger partial charge >= 0.3 is 55.5 Å². The molecule has 0 aromatic heterocycles. The van der Waals surface area contributed by atoms with Crippen molar-refractivity contribution in [1.29, 1.82) is 0 Å². The van der Waals surface area contributed by atoms with Crippen LogP contribution < -0.4 is 9.80 Å². The SMILES string of the molecule is C1CCC([PH+](C2CCCCC2)C2CCCCC2)CC1.Cc1cc(C)c(N2[CH-]N(c3c(C)cc(C)cc3C)CC2)c(C)c1.[CH-]=[CH][Pb].[Ru+2]. The van der Waals surface area contributed by atoms with Gasteiger partial charge in [0.2, 0.25) is 0 Å². The minimum absolute atomic E-state index is 0. The molecule has 0 unspecified atom stereocenters. The van der Waals surface area contributed by atoms with Crippen LogP contribution in [-0.2, 0) is 19.5 Å². The molecule has 1 saturated heterocycles. The van der Waals surface area contributed by atoms with Crippen LogP contribution in [0.1, 0.15) is 130 Å². The number of rotatable bonds is 5. The summed E-state index contributed by atoms with van der Waals surface area (Å²) in [6.07, 6.45) is 23.8. The maximum Gasteiger partial charge on any atom is 2.00 e. The summed E-state index contributed by atoms with van der Waals surface area (Å²) >= 11 is 1.02. The van der Waals surface area contributed by atoms with Crippen LogP contribution in [0.15, 0.2) is 27.9 Å². The first kappa shape index (κ1) is 40.2. The Hall–Kier alpha value is -0.245. The Kier molecular flexibility index (Phi) is 17.9. The molecule has 4 aliphatic rings. The van der Waals surface area contributed by atoms with E-state index in [9.17, 15) is 0 Å². The molecule has 0 amide bonds. The van der Waals surface area contributed by atoms with E-state index in [4.69, 9.17) is 6.58 Å². The molecule has 46 heavy (non-hydrogen) atoms. The van der Waals surface area contributed by atoms with E-state index >= 15 is 0 Å². The maximum atomic E-state index is 4.78. The van der Waals surface area contributed by atoms with Crippen molar-refractivity contribution in [2.45, 2.75) is 155 Å². The van der Waals surface area contributed by atoms with Gasteiger partial charge in [0.05, 0.1) is 17.0 Å². The third-order valence-electron chi connectivity index (χ3n) is 10.9. The van der Waals surface area contributed by atoms with Crippen LogP contribution in [0.4, 0.5) is 11.4 Å². The molecule has 2 aromatic rings.